The number of nitrogens with zero attached hydrogens (tertiary/aromatic N) is 1. The van der Waals surface area contributed by atoms with Crippen LogP contribution in [0.3, 0.4) is 0 Å². The summed E-state index contributed by atoms with van der Waals surface area (Å²) in [6.45, 7) is 0.780. The molecule has 0 radical (unpaired) electrons. The molecule has 0 fully saturated rings. The van der Waals surface area contributed by atoms with E-state index in [4.69, 9.17) is 0 Å². The first-order valence-electron chi connectivity index (χ1n) is 7.03. The Bertz CT molecular complexity index is 654. The highest BCUT2D eigenvalue weighted by atomic mass is 35.5. The van der Waals surface area contributed by atoms with Gasteiger partial charge in [-0.05, 0) is 26.1 Å². The lowest BCUT2D eigenvalue weighted by Gasteiger charge is -2.08. The predicted molar refractivity (Wildman–Crippen MR) is 91.7 cm³/mol. The molecule has 1 rings (SSSR count). The normalized spacial score (nSPS) is 10.7. The number of sulfonamides is 1. The topological polar surface area (TPSA) is 130 Å². The first kappa shape index (κ1) is 22.2. The summed E-state index contributed by atoms with van der Waals surface area (Å²) in [6.07, 6.45) is 1.03. The number of amides is 1. The zero-order valence-corrected chi connectivity index (χ0v) is 14.8. The molecule has 0 heterocycles. The van der Waals surface area contributed by atoms with E-state index in [1.54, 1.807) is 7.05 Å². The summed E-state index contributed by atoms with van der Waals surface area (Å²) in [7, 11) is -2.22. The third-order valence-corrected chi connectivity index (χ3v) is 4.43. The number of halogens is 1. The van der Waals surface area contributed by atoms with E-state index in [2.05, 4.69) is 15.4 Å². The second-order valence-electron chi connectivity index (χ2n) is 4.68. The molecule has 11 heteroatoms. The molecule has 9 nitrogen and oxygen atoms in total. The standard InChI is InChI=1S/C13H20N4O5S.ClH/c1-14-8-4-7-13(18)15-9-10-16-23(21,22)12-6-3-2-5-11(12)17(19)20;/h2-3,5-6,14,16H,4,7-10H2,1H3,(H,15,18);1H. The molecular formula is C13H21ClN4O5S. The summed E-state index contributed by atoms with van der Waals surface area (Å²) >= 11 is 0. The predicted octanol–water partition coefficient (Wildman–Crippen LogP) is 0.411. The van der Waals surface area contributed by atoms with Crippen LogP contribution in [0.4, 0.5) is 5.69 Å². The van der Waals surface area contributed by atoms with Crippen molar-refractivity contribution < 1.29 is 18.1 Å². The van der Waals surface area contributed by atoms with Crippen LogP contribution in [-0.4, -0.2) is 45.9 Å². The summed E-state index contributed by atoms with van der Waals surface area (Å²) in [5.41, 5.74) is -0.490. The Labute approximate surface area is 146 Å². The lowest BCUT2D eigenvalue weighted by atomic mass is 10.3. The van der Waals surface area contributed by atoms with E-state index in [0.717, 1.165) is 18.7 Å². The fourth-order valence-electron chi connectivity index (χ4n) is 1.81. The summed E-state index contributed by atoms with van der Waals surface area (Å²) in [4.78, 5) is 21.2. The molecule has 0 unspecified atom stereocenters. The van der Waals surface area contributed by atoms with Crippen molar-refractivity contribution in [3.8, 4) is 0 Å². The van der Waals surface area contributed by atoms with Gasteiger partial charge in [0, 0.05) is 25.6 Å². The van der Waals surface area contributed by atoms with E-state index in [1.807, 2.05) is 0 Å². The molecule has 0 aliphatic carbocycles. The lowest BCUT2D eigenvalue weighted by Crippen LogP contribution is -2.35. The van der Waals surface area contributed by atoms with Gasteiger partial charge in [0.1, 0.15) is 0 Å². The molecule has 1 amide bonds. The van der Waals surface area contributed by atoms with Crippen LogP contribution >= 0.6 is 12.4 Å². The number of rotatable bonds is 10. The van der Waals surface area contributed by atoms with Crippen LogP contribution in [0.15, 0.2) is 29.2 Å². The van der Waals surface area contributed by atoms with Crippen LogP contribution in [0.5, 0.6) is 0 Å². The summed E-state index contributed by atoms with van der Waals surface area (Å²) in [5, 5.41) is 16.4. The average molecular weight is 381 g/mol. The van der Waals surface area contributed by atoms with Gasteiger partial charge in [-0.15, -0.1) is 12.4 Å². The minimum absolute atomic E-state index is 0. The third kappa shape index (κ3) is 7.21. The van der Waals surface area contributed by atoms with Crippen molar-refractivity contribution in [2.45, 2.75) is 17.7 Å². The maximum atomic E-state index is 12.1. The van der Waals surface area contributed by atoms with E-state index < -0.39 is 25.5 Å². The van der Waals surface area contributed by atoms with E-state index in [9.17, 15) is 23.3 Å². The number of nitro benzene ring substituents is 1. The molecule has 0 saturated carbocycles. The van der Waals surface area contributed by atoms with Gasteiger partial charge in [0.15, 0.2) is 4.90 Å². The van der Waals surface area contributed by atoms with Gasteiger partial charge in [-0.1, -0.05) is 12.1 Å². The fraction of sp³-hybridized carbons (Fsp3) is 0.462. The van der Waals surface area contributed by atoms with Gasteiger partial charge >= 0.3 is 0 Å². The average Bonchev–Trinajstić information content (AvgIpc) is 2.52. The van der Waals surface area contributed by atoms with Gasteiger partial charge in [-0.25, -0.2) is 13.1 Å². The highest BCUT2D eigenvalue weighted by Crippen LogP contribution is 2.22. The summed E-state index contributed by atoms with van der Waals surface area (Å²) in [5.74, 6) is -0.176. The zero-order valence-electron chi connectivity index (χ0n) is 13.1. The second-order valence-corrected chi connectivity index (χ2v) is 6.42. The summed E-state index contributed by atoms with van der Waals surface area (Å²) < 4.78 is 26.4. The van der Waals surface area contributed by atoms with Crippen molar-refractivity contribution >= 4 is 34.0 Å². The van der Waals surface area contributed by atoms with Crippen molar-refractivity contribution in [1.82, 2.24) is 15.4 Å². The van der Waals surface area contributed by atoms with Crippen molar-refractivity contribution in [1.29, 1.82) is 0 Å². The zero-order chi connectivity index (χ0) is 17.3. The van der Waals surface area contributed by atoms with Crippen LogP contribution in [0.2, 0.25) is 0 Å². The third-order valence-electron chi connectivity index (χ3n) is 2.92. The molecule has 136 valence electrons. The van der Waals surface area contributed by atoms with E-state index >= 15 is 0 Å². The minimum Gasteiger partial charge on any atom is -0.355 e. The molecule has 0 saturated heterocycles. The van der Waals surface area contributed by atoms with Gasteiger partial charge in [0.05, 0.1) is 4.92 Å². The summed E-state index contributed by atoms with van der Waals surface area (Å²) in [6, 6.07) is 5.09. The molecule has 0 bridgehead atoms. The van der Waals surface area contributed by atoms with E-state index in [0.29, 0.717) is 12.8 Å². The molecule has 3 N–H and O–H groups in total. The smallest absolute Gasteiger partial charge is 0.289 e. The molecule has 0 atom stereocenters. The van der Waals surface area contributed by atoms with Crippen molar-refractivity contribution in [3.05, 3.63) is 34.4 Å². The Kier molecular flexibility index (Phi) is 10.1. The molecule has 24 heavy (non-hydrogen) atoms. The molecule has 0 aliphatic rings. The van der Waals surface area contributed by atoms with Crippen LogP contribution in [0.25, 0.3) is 0 Å². The quantitative estimate of drug-likeness (QED) is 0.306. The number of hydrogen-bond acceptors (Lipinski definition) is 6. The van der Waals surface area contributed by atoms with Crippen molar-refractivity contribution in [2.75, 3.05) is 26.7 Å². The Morgan fingerprint density at radius 2 is 1.88 bits per heavy atom. The van der Waals surface area contributed by atoms with Crippen molar-refractivity contribution in [3.63, 3.8) is 0 Å². The number of carbonyl (C=O) groups excluding carboxylic acids is 1. The maximum Gasteiger partial charge on any atom is 0.289 e. The highest BCUT2D eigenvalue weighted by molar-refractivity contribution is 7.89. The molecule has 0 aliphatic heterocycles. The molecule has 1 aromatic rings. The minimum atomic E-state index is -4.01. The SMILES string of the molecule is CNCCCC(=O)NCCNS(=O)(=O)c1ccccc1[N+](=O)[O-].Cl. The van der Waals surface area contributed by atoms with E-state index in [1.165, 1.54) is 12.1 Å². The Morgan fingerprint density at radius 1 is 1.21 bits per heavy atom. The fourth-order valence-corrected chi connectivity index (χ4v) is 3.02. The van der Waals surface area contributed by atoms with Gasteiger partial charge in [-0.2, -0.15) is 0 Å². The largest absolute Gasteiger partial charge is 0.355 e. The van der Waals surface area contributed by atoms with Gasteiger partial charge in [0.2, 0.25) is 15.9 Å². The number of carbonyl (C=O) groups is 1. The number of para-hydroxylation sites is 1. The molecule has 0 aromatic heterocycles. The maximum absolute atomic E-state index is 12.1. The molecule has 0 spiro atoms. The van der Waals surface area contributed by atoms with Crippen LogP contribution in [0, 0.1) is 10.1 Å². The Balaban J connectivity index is 0.00000529. The second kappa shape index (κ2) is 10.9. The number of nitrogens with one attached hydrogen (secondary N) is 3. The molecular weight excluding hydrogens is 360 g/mol. The van der Waals surface area contributed by atoms with Crippen LogP contribution < -0.4 is 15.4 Å². The number of nitro groups is 1. The van der Waals surface area contributed by atoms with Gasteiger partial charge in [0.25, 0.3) is 5.69 Å². The van der Waals surface area contributed by atoms with Gasteiger partial charge < -0.3 is 10.6 Å². The van der Waals surface area contributed by atoms with Gasteiger partial charge in [-0.3, -0.25) is 14.9 Å². The first-order valence-corrected chi connectivity index (χ1v) is 8.51. The number of benzene rings is 1. The van der Waals surface area contributed by atoms with E-state index in [-0.39, 0.29) is 31.4 Å². The van der Waals surface area contributed by atoms with Crippen molar-refractivity contribution in [2.24, 2.45) is 0 Å². The van der Waals surface area contributed by atoms with Crippen LogP contribution in [0.1, 0.15) is 12.8 Å². The monoisotopic (exact) mass is 380 g/mol. The highest BCUT2D eigenvalue weighted by Gasteiger charge is 2.24. The first-order chi connectivity index (χ1) is 10.9. The Morgan fingerprint density at radius 3 is 2.50 bits per heavy atom. The Hall–Kier alpha value is -1.75. The molecule has 1 aromatic carbocycles. The lowest BCUT2D eigenvalue weighted by molar-refractivity contribution is -0.387. The number of hydrogen-bond donors (Lipinski definition) is 3. The van der Waals surface area contributed by atoms with Crippen LogP contribution in [-0.2, 0) is 14.8 Å².